The van der Waals surface area contributed by atoms with E-state index in [0.29, 0.717) is 13.1 Å². The molecule has 0 saturated heterocycles. The molecule has 1 aliphatic carbocycles. The first kappa shape index (κ1) is 25.9. The van der Waals surface area contributed by atoms with E-state index < -0.39 is 6.10 Å². The smallest absolute Gasteiger partial charge is 0.322 e. The molecule has 2 N–H and O–H groups in total. The second-order valence-electron chi connectivity index (χ2n) is 10.5. The van der Waals surface area contributed by atoms with E-state index in [0.717, 1.165) is 53.8 Å². The van der Waals surface area contributed by atoms with E-state index in [1.807, 2.05) is 59.6 Å². The largest absolute Gasteiger partial charge is 0.389 e. The molecule has 190 valence electrons. The average molecular weight is 486 g/mol. The molecule has 0 spiro atoms. The monoisotopic (exact) mass is 485 g/mol. The lowest BCUT2D eigenvalue weighted by Crippen LogP contribution is -2.46. The van der Waals surface area contributed by atoms with Gasteiger partial charge in [-0.05, 0) is 48.9 Å². The number of aliphatic hydroxyl groups excluding tert-OH is 1. The predicted molar refractivity (Wildman–Crippen MR) is 146 cm³/mol. The number of anilines is 1. The standard InChI is InChI=1S/C31H39N3O2/c1-23(2)26-15-12-16-27(24(3)35)29(26)33-30(36)34(21-25-13-6-4-7-14-25)22-31(18-9-5-10-19-31)28-17-8-11-20-32-28/h4,6-8,11-17,20,23-24,35H,5,9-10,18-19,21-22H2,1-3H3,(H,33,36). The van der Waals surface area contributed by atoms with Crippen LogP contribution in [0.1, 0.15) is 87.3 Å². The summed E-state index contributed by atoms with van der Waals surface area (Å²) in [6.45, 7) is 7.07. The molecule has 3 aromatic rings. The topological polar surface area (TPSA) is 65.5 Å². The van der Waals surface area contributed by atoms with Gasteiger partial charge in [-0.25, -0.2) is 4.79 Å². The average Bonchev–Trinajstić information content (AvgIpc) is 2.90. The van der Waals surface area contributed by atoms with Crippen molar-refractivity contribution in [2.45, 2.75) is 76.9 Å². The third-order valence-electron chi connectivity index (χ3n) is 7.45. The second-order valence-corrected chi connectivity index (χ2v) is 10.5. The maximum atomic E-state index is 14.0. The van der Waals surface area contributed by atoms with Crippen molar-refractivity contribution in [3.63, 3.8) is 0 Å². The Morgan fingerprint density at radius 1 is 0.944 bits per heavy atom. The van der Waals surface area contributed by atoms with Crippen molar-refractivity contribution in [3.8, 4) is 0 Å². The van der Waals surface area contributed by atoms with E-state index in [2.05, 4.69) is 37.4 Å². The summed E-state index contributed by atoms with van der Waals surface area (Å²) in [5, 5.41) is 13.7. The van der Waals surface area contributed by atoms with Crippen LogP contribution in [0.2, 0.25) is 0 Å². The molecule has 2 aromatic carbocycles. The molecule has 1 aromatic heterocycles. The van der Waals surface area contributed by atoms with Gasteiger partial charge in [0.1, 0.15) is 0 Å². The lowest BCUT2D eigenvalue weighted by Gasteiger charge is -2.41. The van der Waals surface area contributed by atoms with Gasteiger partial charge in [-0.3, -0.25) is 4.98 Å². The fraction of sp³-hybridized carbons (Fsp3) is 0.419. The number of nitrogens with zero attached hydrogens (tertiary/aromatic N) is 2. The quantitative estimate of drug-likeness (QED) is 0.355. The minimum absolute atomic E-state index is 0.144. The van der Waals surface area contributed by atoms with Crippen LogP contribution in [0, 0.1) is 0 Å². The zero-order chi connectivity index (χ0) is 25.5. The molecule has 1 unspecified atom stereocenters. The second kappa shape index (κ2) is 11.7. The Labute approximate surface area is 215 Å². The number of rotatable bonds is 8. The molecule has 1 heterocycles. The van der Waals surface area contributed by atoms with Gasteiger partial charge in [0.25, 0.3) is 0 Å². The molecule has 0 bridgehead atoms. The van der Waals surface area contributed by atoms with Crippen LogP contribution >= 0.6 is 0 Å². The number of hydrogen-bond acceptors (Lipinski definition) is 3. The molecular formula is C31H39N3O2. The molecule has 5 heteroatoms. The highest BCUT2D eigenvalue weighted by Gasteiger charge is 2.38. The van der Waals surface area contributed by atoms with E-state index in [4.69, 9.17) is 4.98 Å². The van der Waals surface area contributed by atoms with E-state index in [1.165, 1.54) is 6.42 Å². The first-order chi connectivity index (χ1) is 17.4. The summed E-state index contributed by atoms with van der Waals surface area (Å²) in [6, 6.07) is 22.0. The summed E-state index contributed by atoms with van der Waals surface area (Å²) in [5.74, 6) is 0.208. The van der Waals surface area contributed by atoms with Crippen LogP contribution in [0.15, 0.2) is 72.9 Å². The van der Waals surface area contributed by atoms with Crippen LogP contribution in [-0.2, 0) is 12.0 Å². The minimum Gasteiger partial charge on any atom is -0.389 e. The number of aromatic nitrogens is 1. The zero-order valence-electron chi connectivity index (χ0n) is 21.8. The Kier molecular flexibility index (Phi) is 8.42. The summed E-state index contributed by atoms with van der Waals surface area (Å²) < 4.78 is 0. The Morgan fingerprint density at radius 2 is 1.64 bits per heavy atom. The molecule has 1 fully saturated rings. The first-order valence-electron chi connectivity index (χ1n) is 13.2. The lowest BCUT2D eigenvalue weighted by molar-refractivity contribution is 0.167. The number of carbonyl (C=O) groups is 1. The molecule has 36 heavy (non-hydrogen) atoms. The van der Waals surface area contributed by atoms with Crippen molar-refractivity contribution < 1.29 is 9.90 Å². The van der Waals surface area contributed by atoms with Gasteiger partial charge in [-0.1, -0.05) is 87.7 Å². The van der Waals surface area contributed by atoms with E-state index in [9.17, 15) is 9.90 Å². The van der Waals surface area contributed by atoms with Crippen LogP contribution in [-0.4, -0.2) is 27.6 Å². The number of benzene rings is 2. The maximum absolute atomic E-state index is 14.0. The van der Waals surface area contributed by atoms with Gasteiger partial charge >= 0.3 is 6.03 Å². The van der Waals surface area contributed by atoms with E-state index in [1.54, 1.807) is 6.92 Å². The van der Waals surface area contributed by atoms with Gasteiger partial charge in [0.05, 0.1) is 11.8 Å². The Morgan fingerprint density at radius 3 is 2.28 bits per heavy atom. The van der Waals surface area contributed by atoms with Gasteiger partial charge in [0.15, 0.2) is 0 Å². The molecule has 1 aliphatic rings. The van der Waals surface area contributed by atoms with Crippen LogP contribution in [0.25, 0.3) is 0 Å². The molecule has 4 rings (SSSR count). The zero-order valence-corrected chi connectivity index (χ0v) is 21.8. The van der Waals surface area contributed by atoms with Gasteiger partial charge in [-0.15, -0.1) is 0 Å². The SMILES string of the molecule is CC(C)c1cccc(C(C)O)c1NC(=O)N(Cc1ccccc1)CC1(c2ccccn2)CCCCC1. The molecular weight excluding hydrogens is 446 g/mol. The van der Waals surface area contributed by atoms with Gasteiger partial charge < -0.3 is 15.3 Å². The van der Waals surface area contributed by atoms with Gasteiger partial charge in [0, 0.05) is 36.0 Å². The number of nitrogens with one attached hydrogen (secondary N) is 1. The summed E-state index contributed by atoms with van der Waals surface area (Å²) in [7, 11) is 0. The molecule has 1 saturated carbocycles. The number of hydrogen-bond donors (Lipinski definition) is 2. The van der Waals surface area contributed by atoms with Crippen LogP contribution in [0.3, 0.4) is 0 Å². The normalized spacial score (nSPS) is 15.9. The number of pyridine rings is 1. The van der Waals surface area contributed by atoms with Crippen molar-refractivity contribution in [3.05, 3.63) is 95.3 Å². The fourth-order valence-corrected chi connectivity index (χ4v) is 5.52. The fourth-order valence-electron chi connectivity index (χ4n) is 5.52. The predicted octanol–water partition coefficient (Wildman–Crippen LogP) is 7.19. The third-order valence-corrected chi connectivity index (χ3v) is 7.45. The van der Waals surface area contributed by atoms with Crippen molar-refractivity contribution in [2.75, 3.05) is 11.9 Å². The lowest BCUT2D eigenvalue weighted by atomic mass is 9.71. The highest BCUT2D eigenvalue weighted by Crippen LogP contribution is 2.40. The third kappa shape index (κ3) is 5.96. The number of urea groups is 1. The summed E-state index contributed by atoms with van der Waals surface area (Å²) in [4.78, 5) is 20.7. The number of aliphatic hydroxyl groups is 1. The van der Waals surface area contributed by atoms with Crippen molar-refractivity contribution in [2.24, 2.45) is 0 Å². The Balaban J connectivity index is 1.71. The highest BCUT2D eigenvalue weighted by molar-refractivity contribution is 5.91. The van der Waals surface area contributed by atoms with Crippen LogP contribution in [0.4, 0.5) is 10.5 Å². The molecule has 0 aliphatic heterocycles. The van der Waals surface area contributed by atoms with Crippen molar-refractivity contribution in [1.82, 2.24) is 9.88 Å². The summed E-state index contributed by atoms with van der Waals surface area (Å²) in [5.41, 5.74) is 4.48. The molecule has 2 amide bonds. The Bertz CT molecular complexity index is 1100. The molecule has 1 atom stereocenters. The van der Waals surface area contributed by atoms with Gasteiger partial charge in [-0.2, -0.15) is 0 Å². The van der Waals surface area contributed by atoms with Crippen molar-refractivity contribution in [1.29, 1.82) is 0 Å². The van der Waals surface area contributed by atoms with Crippen LogP contribution in [0.5, 0.6) is 0 Å². The van der Waals surface area contributed by atoms with Crippen molar-refractivity contribution >= 4 is 11.7 Å². The maximum Gasteiger partial charge on any atom is 0.322 e. The van der Waals surface area contributed by atoms with E-state index >= 15 is 0 Å². The molecule has 0 radical (unpaired) electrons. The summed E-state index contributed by atoms with van der Waals surface area (Å²) in [6.07, 6.45) is 6.72. The highest BCUT2D eigenvalue weighted by atomic mass is 16.3. The first-order valence-corrected chi connectivity index (χ1v) is 13.2. The number of amides is 2. The molecule has 5 nitrogen and oxygen atoms in total. The summed E-state index contributed by atoms with van der Waals surface area (Å²) >= 11 is 0. The Hall–Kier alpha value is -3.18. The van der Waals surface area contributed by atoms with Crippen LogP contribution < -0.4 is 5.32 Å². The minimum atomic E-state index is -0.681. The van der Waals surface area contributed by atoms with Gasteiger partial charge in [0.2, 0.25) is 0 Å². The van der Waals surface area contributed by atoms with E-state index in [-0.39, 0.29) is 17.4 Å². The number of carbonyl (C=O) groups excluding carboxylic acids is 1. The number of para-hydroxylation sites is 1.